The first kappa shape index (κ1) is 20.3. The van der Waals surface area contributed by atoms with Gasteiger partial charge in [-0.05, 0) is 43.5 Å². The molecule has 31 heavy (non-hydrogen) atoms. The summed E-state index contributed by atoms with van der Waals surface area (Å²) in [4.78, 5) is 38.2. The number of anilines is 1. The number of thiazole rings is 2. The van der Waals surface area contributed by atoms with Crippen LogP contribution in [0.3, 0.4) is 0 Å². The fourth-order valence-electron chi connectivity index (χ4n) is 3.60. The van der Waals surface area contributed by atoms with Crippen LogP contribution < -0.4 is 4.90 Å². The van der Waals surface area contributed by atoms with Crippen LogP contribution in [0.5, 0.6) is 0 Å². The molecule has 156 valence electrons. The van der Waals surface area contributed by atoms with E-state index in [-0.39, 0.29) is 11.4 Å². The molecule has 1 atom stereocenters. The number of nitrogens with zero attached hydrogens (tertiary/aromatic N) is 3. The minimum Gasteiger partial charge on any atom is -0.503 e. The summed E-state index contributed by atoms with van der Waals surface area (Å²) in [5.41, 5.74) is 1.32. The largest absolute Gasteiger partial charge is 0.503 e. The molecule has 4 heterocycles. The van der Waals surface area contributed by atoms with Gasteiger partial charge in [0, 0.05) is 9.90 Å². The van der Waals surface area contributed by atoms with E-state index in [4.69, 9.17) is 11.6 Å². The first-order valence-corrected chi connectivity index (χ1v) is 12.1. The number of thiophene rings is 1. The van der Waals surface area contributed by atoms with Crippen molar-refractivity contribution in [3.8, 4) is 0 Å². The Labute approximate surface area is 194 Å². The number of ketones is 1. The Bertz CT molecular complexity index is 1390. The minimum atomic E-state index is -0.766. The van der Waals surface area contributed by atoms with E-state index in [1.54, 1.807) is 25.1 Å². The van der Waals surface area contributed by atoms with Crippen molar-refractivity contribution in [2.24, 2.45) is 0 Å². The van der Waals surface area contributed by atoms with E-state index in [1.165, 1.54) is 38.9 Å². The van der Waals surface area contributed by atoms with Gasteiger partial charge in [-0.1, -0.05) is 29.0 Å². The van der Waals surface area contributed by atoms with E-state index in [9.17, 15) is 14.7 Å². The average molecular weight is 488 g/mol. The number of benzene rings is 1. The third-order valence-corrected chi connectivity index (χ3v) is 8.17. The number of fused-ring (bicyclic) bond motifs is 1. The summed E-state index contributed by atoms with van der Waals surface area (Å²) in [6.45, 7) is 3.57. The lowest BCUT2D eigenvalue weighted by atomic mass is 10.0. The van der Waals surface area contributed by atoms with E-state index >= 15 is 0 Å². The van der Waals surface area contributed by atoms with Gasteiger partial charge in [-0.3, -0.25) is 14.5 Å². The Hall–Kier alpha value is -2.59. The highest BCUT2D eigenvalue weighted by molar-refractivity contribution is 7.22. The second-order valence-electron chi connectivity index (χ2n) is 6.94. The van der Waals surface area contributed by atoms with E-state index in [2.05, 4.69) is 9.97 Å². The molecular formula is C21H14ClN3O3S3. The van der Waals surface area contributed by atoms with Crippen molar-refractivity contribution in [2.75, 3.05) is 4.90 Å². The molecule has 1 unspecified atom stereocenters. The standard InChI is InChI=1S/C21H14ClN3O3S3/c1-9-19(30-10(2)23-9)17(26)15-16(13-4-3-7-29-13)25(20(28)18(15)27)21-24-12-6-5-11(22)8-14(12)31-21/h3-8,16,27H,1-2H3. The summed E-state index contributed by atoms with van der Waals surface area (Å²) in [6, 6.07) is 8.22. The maximum Gasteiger partial charge on any atom is 0.296 e. The lowest BCUT2D eigenvalue weighted by molar-refractivity contribution is -0.117. The molecule has 1 aromatic carbocycles. The summed E-state index contributed by atoms with van der Waals surface area (Å²) >= 11 is 10.1. The van der Waals surface area contributed by atoms with Crippen LogP contribution in [0.25, 0.3) is 10.2 Å². The Balaban J connectivity index is 1.67. The number of halogens is 1. The molecule has 1 aliphatic heterocycles. The monoisotopic (exact) mass is 487 g/mol. The van der Waals surface area contributed by atoms with Gasteiger partial charge in [0.25, 0.3) is 5.91 Å². The highest BCUT2D eigenvalue weighted by Crippen LogP contribution is 2.46. The molecule has 1 N–H and O–H groups in total. The number of Topliss-reactive ketones (excluding diaryl/α,β-unsaturated/α-hetero) is 1. The van der Waals surface area contributed by atoms with Crippen LogP contribution in [0.15, 0.2) is 47.0 Å². The zero-order valence-corrected chi connectivity index (χ0v) is 19.5. The van der Waals surface area contributed by atoms with Gasteiger partial charge in [0.15, 0.2) is 10.9 Å². The number of aromatic nitrogens is 2. The summed E-state index contributed by atoms with van der Waals surface area (Å²) in [7, 11) is 0. The maximum absolute atomic E-state index is 13.5. The van der Waals surface area contributed by atoms with E-state index in [0.29, 0.717) is 26.2 Å². The molecule has 5 rings (SSSR count). The number of carbonyl (C=O) groups is 2. The van der Waals surface area contributed by atoms with Crippen molar-refractivity contribution >= 4 is 72.6 Å². The van der Waals surface area contributed by atoms with Crippen molar-refractivity contribution in [1.82, 2.24) is 9.97 Å². The number of carbonyl (C=O) groups excluding carboxylic acids is 2. The van der Waals surface area contributed by atoms with E-state index < -0.39 is 17.7 Å². The molecule has 0 bridgehead atoms. The Morgan fingerprint density at radius 1 is 1.19 bits per heavy atom. The summed E-state index contributed by atoms with van der Waals surface area (Å²) in [5.74, 6) is -1.59. The maximum atomic E-state index is 13.5. The van der Waals surface area contributed by atoms with Gasteiger partial charge in [0.2, 0.25) is 5.78 Å². The van der Waals surface area contributed by atoms with Crippen molar-refractivity contribution in [1.29, 1.82) is 0 Å². The molecule has 6 nitrogen and oxygen atoms in total. The second-order valence-corrected chi connectivity index (χ2v) is 10.6. The average Bonchev–Trinajstić information content (AvgIpc) is 3.48. The first-order chi connectivity index (χ1) is 14.8. The van der Waals surface area contributed by atoms with Gasteiger partial charge in [0.05, 0.1) is 31.4 Å². The minimum absolute atomic E-state index is 0.0523. The number of amides is 1. The van der Waals surface area contributed by atoms with Crippen molar-refractivity contribution in [2.45, 2.75) is 19.9 Å². The zero-order valence-electron chi connectivity index (χ0n) is 16.2. The smallest absolute Gasteiger partial charge is 0.296 e. The van der Waals surface area contributed by atoms with Crippen LogP contribution in [0, 0.1) is 13.8 Å². The highest BCUT2D eigenvalue weighted by atomic mass is 35.5. The number of aliphatic hydroxyl groups excluding tert-OH is 1. The molecule has 0 aliphatic carbocycles. The van der Waals surface area contributed by atoms with Crippen LogP contribution >= 0.6 is 45.6 Å². The lowest BCUT2D eigenvalue weighted by Crippen LogP contribution is -2.30. The topological polar surface area (TPSA) is 83.4 Å². The van der Waals surface area contributed by atoms with Crippen LogP contribution in [0.1, 0.15) is 31.3 Å². The SMILES string of the molecule is Cc1nc(C)c(C(=O)C2=C(O)C(=O)N(c3nc4ccc(Cl)cc4s3)C2c2cccs2)s1. The highest BCUT2D eigenvalue weighted by Gasteiger charge is 2.47. The Morgan fingerprint density at radius 2 is 2.00 bits per heavy atom. The normalized spacial score (nSPS) is 16.7. The number of rotatable bonds is 4. The van der Waals surface area contributed by atoms with Crippen molar-refractivity contribution in [3.05, 3.63) is 72.5 Å². The predicted octanol–water partition coefficient (Wildman–Crippen LogP) is 5.87. The molecular weight excluding hydrogens is 474 g/mol. The van der Waals surface area contributed by atoms with Gasteiger partial charge < -0.3 is 5.11 Å². The fraction of sp³-hybridized carbons (Fsp3) is 0.143. The van der Waals surface area contributed by atoms with Gasteiger partial charge in [-0.25, -0.2) is 9.97 Å². The quantitative estimate of drug-likeness (QED) is 0.364. The molecule has 0 saturated heterocycles. The molecule has 1 amide bonds. The van der Waals surface area contributed by atoms with Gasteiger partial charge in [0.1, 0.15) is 6.04 Å². The molecule has 0 radical (unpaired) electrons. The third-order valence-electron chi connectivity index (χ3n) is 4.92. The predicted molar refractivity (Wildman–Crippen MR) is 125 cm³/mol. The van der Waals surface area contributed by atoms with E-state index in [1.807, 2.05) is 24.4 Å². The van der Waals surface area contributed by atoms with E-state index in [0.717, 1.165) is 14.6 Å². The molecule has 0 fully saturated rings. The van der Waals surface area contributed by atoms with Crippen LogP contribution in [-0.2, 0) is 4.79 Å². The van der Waals surface area contributed by atoms with Gasteiger partial charge >= 0.3 is 0 Å². The molecule has 0 saturated carbocycles. The number of hydrogen-bond donors (Lipinski definition) is 1. The molecule has 0 spiro atoms. The Morgan fingerprint density at radius 3 is 2.68 bits per heavy atom. The van der Waals surface area contributed by atoms with Gasteiger partial charge in [-0.2, -0.15) is 0 Å². The molecule has 10 heteroatoms. The first-order valence-electron chi connectivity index (χ1n) is 9.20. The number of aryl methyl sites for hydroxylation is 2. The third kappa shape index (κ3) is 3.28. The summed E-state index contributed by atoms with van der Waals surface area (Å²) in [6.07, 6.45) is 0. The van der Waals surface area contributed by atoms with Crippen molar-refractivity contribution in [3.63, 3.8) is 0 Å². The molecule has 4 aromatic rings. The zero-order chi connectivity index (χ0) is 21.9. The van der Waals surface area contributed by atoms with Crippen LogP contribution in [-0.4, -0.2) is 26.8 Å². The summed E-state index contributed by atoms with van der Waals surface area (Å²) < 4.78 is 0.813. The Kier molecular flexibility index (Phi) is 4.93. The number of hydrogen-bond acceptors (Lipinski definition) is 8. The van der Waals surface area contributed by atoms with Crippen molar-refractivity contribution < 1.29 is 14.7 Å². The van der Waals surface area contributed by atoms with Crippen LogP contribution in [0.4, 0.5) is 5.13 Å². The second kappa shape index (κ2) is 7.52. The molecule has 3 aromatic heterocycles. The fourth-order valence-corrected chi connectivity index (χ4v) is 6.57. The molecule has 1 aliphatic rings. The number of aliphatic hydroxyl groups is 1. The van der Waals surface area contributed by atoms with Crippen LogP contribution in [0.2, 0.25) is 5.02 Å². The van der Waals surface area contributed by atoms with Gasteiger partial charge in [-0.15, -0.1) is 22.7 Å². The lowest BCUT2D eigenvalue weighted by Gasteiger charge is -2.22. The summed E-state index contributed by atoms with van der Waals surface area (Å²) in [5, 5.41) is 14.4.